The lowest BCUT2D eigenvalue weighted by Crippen LogP contribution is -2.23. The molecule has 1 rings (SSSR count). The van der Waals surface area contributed by atoms with Crippen LogP contribution in [0.3, 0.4) is 0 Å². The zero-order valence-corrected chi connectivity index (χ0v) is 6.29. The fourth-order valence-corrected chi connectivity index (χ4v) is 1.24. The van der Waals surface area contributed by atoms with Gasteiger partial charge in [0.05, 0.1) is 0 Å². The Kier molecular flexibility index (Phi) is 2.90. The second-order valence-electron chi connectivity index (χ2n) is 3.00. The highest BCUT2D eigenvalue weighted by Gasteiger charge is 2.04. The van der Waals surface area contributed by atoms with Crippen molar-refractivity contribution in [3.8, 4) is 0 Å². The van der Waals surface area contributed by atoms with E-state index >= 15 is 0 Å². The van der Waals surface area contributed by atoms with Gasteiger partial charge in [-0.3, -0.25) is 0 Å². The van der Waals surface area contributed by atoms with E-state index in [4.69, 9.17) is 11.5 Å². The van der Waals surface area contributed by atoms with Crippen LogP contribution in [0.1, 0.15) is 25.7 Å². The molecule has 2 atom stereocenters. The lowest BCUT2D eigenvalue weighted by molar-refractivity contribution is 0.562. The summed E-state index contributed by atoms with van der Waals surface area (Å²) in [5, 5.41) is 0. The van der Waals surface area contributed by atoms with Gasteiger partial charge in [-0.25, -0.2) is 0 Å². The van der Waals surface area contributed by atoms with Gasteiger partial charge in [0.15, 0.2) is 0 Å². The molecule has 2 nitrogen and oxygen atoms in total. The van der Waals surface area contributed by atoms with Gasteiger partial charge in [0, 0.05) is 12.1 Å². The zero-order chi connectivity index (χ0) is 7.40. The molecular weight excluding hydrogens is 124 g/mol. The zero-order valence-electron chi connectivity index (χ0n) is 6.29. The van der Waals surface area contributed by atoms with E-state index in [0.717, 1.165) is 12.8 Å². The van der Waals surface area contributed by atoms with Crippen LogP contribution < -0.4 is 11.5 Å². The summed E-state index contributed by atoms with van der Waals surface area (Å²) in [5.74, 6) is 0. The van der Waals surface area contributed by atoms with E-state index in [-0.39, 0.29) is 12.1 Å². The van der Waals surface area contributed by atoms with Gasteiger partial charge in [0.1, 0.15) is 0 Å². The summed E-state index contributed by atoms with van der Waals surface area (Å²) in [6, 6.07) is 0.484. The molecule has 0 spiro atoms. The molecule has 10 heavy (non-hydrogen) atoms. The molecule has 0 heterocycles. The fraction of sp³-hybridized carbons (Fsp3) is 0.750. The van der Waals surface area contributed by atoms with Crippen LogP contribution >= 0.6 is 0 Å². The van der Waals surface area contributed by atoms with Gasteiger partial charge >= 0.3 is 0 Å². The smallest absolute Gasteiger partial charge is 0.0224 e. The van der Waals surface area contributed by atoms with Crippen molar-refractivity contribution < 1.29 is 0 Å². The van der Waals surface area contributed by atoms with Gasteiger partial charge in [-0.05, 0) is 12.8 Å². The Morgan fingerprint density at radius 1 is 0.900 bits per heavy atom. The van der Waals surface area contributed by atoms with Gasteiger partial charge < -0.3 is 11.5 Å². The Labute approximate surface area is 62.3 Å². The monoisotopic (exact) mass is 140 g/mol. The number of hydrogen-bond donors (Lipinski definition) is 2. The topological polar surface area (TPSA) is 52.0 Å². The van der Waals surface area contributed by atoms with Gasteiger partial charge in [-0.1, -0.05) is 25.0 Å². The van der Waals surface area contributed by atoms with Crippen molar-refractivity contribution in [3.63, 3.8) is 0 Å². The van der Waals surface area contributed by atoms with Crippen molar-refractivity contribution in [2.75, 3.05) is 0 Å². The van der Waals surface area contributed by atoms with Crippen molar-refractivity contribution >= 4 is 0 Å². The molecule has 1 aliphatic rings. The summed E-state index contributed by atoms with van der Waals surface area (Å²) in [5.41, 5.74) is 11.4. The molecule has 2 heteroatoms. The molecule has 0 aromatic heterocycles. The Morgan fingerprint density at radius 2 is 1.30 bits per heavy atom. The Morgan fingerprint density at radius 3 is 1.70 bits per heavy atom. The van der Waals surface area contributed by atoms with Crippen LogP contribution in [0, 0.1) is 0 Å². The standard InChI is InChI=1S/C8H16N2/c9-7-3-1-2-4-8(10)6-5-7/h5-8H,1-4,9-10H2/b6-5-. The number of nitrogens with two attached hydrogens (primary N) is 2. The van der Waals surface area contributed by atoms with E-state index in [1.807, 2.05) is 12.2 Å². The molecule has 0 aliphatic heterocycles. The van der Waals surface area contributed by atoms with Gasteiger partial charge in [0.25, 0.3) is 0 Å². The van der Waals surface area contributed by atoms with Crippen molar-refractivity contribution in [2.45, 2.75) is 37.8 Å². The molecule has 0 aromatic rings. The molecule has 0 radical (unpaired) electrons. The highest BCUT2D eigenvalue weighted by atomic mass is 14.6. The van der Waals surface area contributed by atoms with E-state index in [9.17, 15) is 0 Å². The largest absolute Gasteiger partial charge is 0.324 e. The first-order chi connectivity index (χ1) is 4.79. The average molecular weight is 140 g/mol. The van der Waals surface area contributed by atoms with Crippen molar-refractivity contribution in [1.82, 2.24) is 0 Å². The maximum Gasteiger partial charge on any atom is 0.0224 e. The van der Waals surface area contributed by atoms with E-state index < -0.39 is 0 Å². The lowest BCUT2D eigenvalue weighted by Gasteiger charge is -2.13. The highest BCUT2D eigenvalue weighted by Crippen LogP contribution is 2.09. The van der Waals surface area contributed by atoms with E-state index in [1.165, 1.54) is 12.8 Å². The maximum absolute atomic E-state index is 5.72. The lowest BCUT2D eigenvalue weighted by atomic mass is 10.0. The average Bonchev–Trinajstić information content (AvgIpc) is 1.90. The second kappa shape index (κ2) is 3.74. The van der Waals surface area contributed by atoms with E-state index in [2.05, 4.69) is 0 Å². The van der Waals surface area contributed by atoms with Crippen molar-refractivity contribution in [2.24, 2.45) is 11.5 Å². The molecular formula is C8H16N2. The molecule has 4 N–H and O–H groups in total. The molecule has 0 fully saturated rings. The van der Waals surface area contributed by atoms with Crippen molar-refractivity contribution in [3.05, 3.63) is 12.2 Å². The Bertz CT molecular complexity index is 106. The number of hydrogen-bond acceptors (Lipinski definition) is 2. The van der Waals surface area contributed by atoms with Crippen LogP contribution in [-0.2, 0) is 0 Å². The summed E-state index contributed by atoms with van der Waals surface area (Å²) >= 11 is 0. The van der Waals surface area contributed by atoms with Crippen LogP contribution in [0.5, 0.6) is 0 Å². The van der Waals surface area contributed by atoms with Crippen LogP contribution in [0.15, 0.2) is 12.2 Å². The van der Waals surface area contributed by atoms with Crippen LogP contribution in [-0.4, -0.2) is 12.1 Å². The molecule has 0 bridgehead atoms. The summed E-state index contributed by atoms with van der Waals surface area (Å²) in [7, 11) is 0. The summed E-state index contributed by atoms with van der Waals surface area (Å²) in [6.07, 6.45) is 8.73. The number of rotatable bonds is 0. The first-order valence-electron chi connectivity index (χ1n) is 3.98. The minimum atomic E-state index is 0.242. The fourth-order valence-electron chi connectivity index (χ4n) is 1.24. The third kappa shape index (κ3) is 2.50. The third-order valence-corrected chi connectivity index (χ3v) is 1.93. The minimum absolute atomic E-state index is 0.242. The molecule has 2 unspecified atom stereocenters. The predicted molar refractivity (Wildman–Crippen MR) is 43.6 cm³/mol. The van der Waals surface area contributed by atoms with E-state index in [1.54, 1.807) is 0 Å². The minimum Gasteiger partial charge on any atom is -0.324 e. The predicted octanol–water partition coefficient (Wildman–Crippen LogP) is 0.771. The van der Waals surface area contributed by atoms with Gasteiger partial charge in [0.2, 0.25) is 0 Å². The van der Waals surface area contributed by atoms with Gasteiger partial charge in [-0.2, -0.15) is 0 Å². The second-order valence-corrected chi connectivity index (χ2v) is 3.00. The molecule has 1 aliphatic carbocycles. The molecule has 0 amide bonds. The molecule has 58 valence electrons. The van der Waals surface area contributed by atoms with Crippen LogP contribution in [0.4, 0.5) is 0 Å². The first kappa shape index (κ1) is 7.76. The van der Waals surface area contributed by atoms with Crippen LogP contribution in [0.25, 0.3) is 0 Å². The quantitative estimate of drug-likeness (QED) is 0.488. The van der Waals surface area contributed by atoms with E-state index in [0.29, 0.717) is 0 Å². The highest BCUT2D eigenvalue weighted by molar-refractivity contribution is 4.98. The first-order valence-corrected chi connectivity index (χ1v) is 3.98. The third-order valence-electron chi connectivity index (χ3n) is 1.93. The van der Waals surface area contributed by atoms with Crippen LogP contribution in [0.2, 0.25) is 0 Å². The molecule has 0 saturated heterocycles. The molecule has 0 saturated carbocycles. The summed E-state index contributed by atoms with van der Waals surface area (Å²) in [6.45, 7) is 0. The Hall–Kier alpha value is -0.340. The summed E-state index contributed by atoms with van der Waals surface area (Å²) in [4.78, 5) is 0. The normalized spacial score (nSPS) is 38.2. The van der Waals surface area contributed by atoms with Gasteiger partial charge in [-0.15, -0.1) is 0 Å². The molecule has 0 aromatic carbocycles. The van der Waals surface area contributed by atoms with Crippen molar-refractivity contribution in [1.29, 1.82) is 0 Å². The SMILES string of the molecule is NC1/C=C\C(N)CCCC1. The Balaban J connectivity index is 2.42. The maximum atomic E-state index is 5.72. The summed E-state index contributed by atoms with van der Waals surface area (Å²) < 4.78 is 0.